The number of fused-ring (bicyclic) bond motifs is 1. The first kappa shape index (κ1) is 7.16. The van der Waals surface area contributed by atoms with E-state index >= 15 is 0 Å². The summed E-state index contributed by atoms with van der Waals surface area (Å²) in [5, 5.41) is 13.4. The van der Waals surface area contributed by atoms with Gasteiger partial charge in [0, 0.05) is 5.69 Å². The summed E-state index contributed by atoms with van der Waals surface area (Å²) >= 11 is 0. The van der Waals surface area contributed by atoms with Crippen LogP contribution in [0, 0.1) is 0 Å². The number of para-hydroxylation sites is 1. The summed E-state index contributed by atoms with van der Waals surface area (Å²) in [6.07, 6.45) is 0.526. The largest absolute Gasteiger partial charge is 0.548 e. The van der Waals surface area contributed by atoms with Crippen LogP contribution in [0.5, 0.6) is 0 Å². The summed E-state index contributed by atoms with van der Waals surface area (Å²) in [5.74, 6) is -1.04. The molecule has 3 nitrogen and oxygen atoms in total. The lowest BCUT2D eigenvalue weighted by Gasteiger charge is -2.10. The molecule has 1 aliphatic heterocycles. The molecule has 0 aliphatic carbocycles. The van der Waals surface area contributed by atoms with Gasteiger partial charge in [0.05, 0.1) is 12.0 Å². The molecule has 1 heterocycles. The average Bonchev–Trinajstić information content (AvgIpc) is 2.46. The van der Waals surface area contributed by atoms with Gasteiger partial charge in [-0.05, 0) is 18.1 Å². The zero-order valence-corrected chi connectivity index (χ0v) is 6.41. The van der Waals surface area contributed by atoms with E-state index in [2.05, 4.69) is 5.32 Å². The molecule has 0 saturated heterocycles. The third-order valence-electron chi connectivity index (χ3n) is 2.06. The predicted molar refractivity (Wildman–Crippen MR) is 42.6 cm³/mol. The maximum absolute atomic E-state index is 10.5. The van der Waals surface area contributed by atoms with Gasteiger partial charge in [0.15, 0.2) is 0 Å². The molecule has 0 bridgehead atoms. The van der Waals surface area contributed by atoms with Gasteiger partial charge in [-0.25, -0.2) is 0 Å². The Morgan fingerprint density at radius 2 is 2.25 bits per heavy atom. The molecule has 0 fully saturated rings. The van der Waals surface area contributed by atoms with E-state index in [9.17, 15) is 9.90 Å². The van der Waals surface area contributed by atoms with Crippen LogP contribution in [0.4, 0.5) is 5.69 Å². The third kappa shape index (κ3) is 1.03. The van der Waals surface area contributed by atoms with Crippen LogP contribution in [-0.2, 0) is 11.2 Å². The van der Waals surface area contributed by atoms with Gasteiger partial charge in [-0.15, -0.1) is 0 Å². The SMILES string of the molecule is O=C([O-])C1Cc2ccccc2N1. The Morgan fingerprint density at radius 1 is 1.50 bits per heavy atom. The third-order valence-corrected chi connectivity index (χ3v) is 2.06. The van der Waals surface area contributed by atoms with Crippen molar-refractivity contribution >= 4 is 11.7 Å². The molecule has 2 rings (SSSR count). The van der Waals surface area contributed by atoms with Crippen molar-refractivity contribution in [3.05, 3.63) is 29.8 Å². The van der Waals surface area contributed by atoms with E-state index in [-0.39, 0.29) is 0 Å². The second-order valence-corrected chi connectivity index (χ2v) is 2.88. The minimum Gasteiger partial charge on any atom is -0.548 e. The number of carboxylic acids is 1. The van der Waals surface area contributed by atoms with Crippen molar-refractivity contribution in [3.8, 4) is 0 Å². The lowest BCUT2D eigenvalue weighted by molar-refractivity contribution is -0.306. The molecule has 3 heteroatoms. The van der Waals surface area contributed by atoms with Crippen LogP contribution in [-0.4, -0.2) is 12.0 Å². The molecule has 0 aromatic heterocycles. The normalized spacial score (nSPS) is 19.8. The number of nitrogens with one attached hydrogen (secondary N) is 1. The van der Waals surface area contributed by atoms with Gasteiger partial charge < -0.3 is 15.2 Å². The van der Waals surface area contributed by atoms with E-state index in [0.717, 1.165) is 11.3 Å². The quantitative estimate of drug-likeness (QED) is 0.620. The second-order valence-electron chi connectivity index (χ2n) is 2.88. The van der Waals surface area contributed by atoms with Gasteiger partial charge in [-0.3, -0.25) is 0 Å². The smallest absolute Gasteiger partial charge is 0.0699 e. The molecular formula is C9H8NO2-. The molecule has 1 N–H and O–H groups in total. The second kappa shape index (κ2) is 2.52. The maximum atomic E-state index is 10.5. The van der Waals surface area contributed by atoms with Crippen LogP contribution in [0.25, 0.3) is 0 Å². The van der Waals surface area contributed by atoms with E-state index in [1.54, 1.807) is 0 Å². The van der Waals surface area contributed by atoms with Crippen molar-refractivity contribution < 1.29 is 9.90 Å². The molecule has 62 valence electrons. The molecule has 12 heavy (non-hydrogen) atoms. The fourth-order valence-electron chi connectivity index (χ4n) is 1.44. The Bertz CT molecular complexity index is 297. The van der Waals surface area contributed by atoms with Gasteiger partial charge in [0.25, 0.3) is 0 Å². The first-order chi connectivity index (χ1) is 5.77. The first-order valence-corrected chi connectivity index (χ1v) is 3.82. The van der Waals surface area contributed by atoms with Crippen LogP contribution in [0.3, 0.4) is 0 Å². The Morgan fingerprint density at radius 3 is 2.92 bits per heavy atom. The summed E-state index contributed by atoms with van der Waals surface area (Å²) in [5.41, 5.74) is 1.96. The highest BCUT2D eigenvalue weighted by Gasteiger charge is 2.19. The minimum absolute atomic E-state index is 0.526. The minimum atomic E-state index is -1.04. The molecule has 0 amide bonds. The van der Waals surface area contributed by atoms with Crippen LogP contribution in [0.15, 0.2) is 24.3 Å². The number of aliphatic carboxylic acids is 1. The van der Waals surface area contributed by atoms with E-state index < -0.39 is 12.0 Å². The standard InChI is InChI=1S/C9H9NO2/c11-9(12)8-5-6-3-1-2-4-7(6)10-8/h1-4,8,10H,5H2,(H,11,12)/p-1. The Balaban J connectivity index is 2.27. The maximum Gasteiger partial charge on any atom is 0.0699 e. The summed E-state index contributed by atoms with van der Waals surface area (Å²) in [6, 6.07) is 7.02. The van der Waals surface area contributed by atoms with Crippen LogP contribution >= 0.6 is 0 Å². The van der Waals surface area contributed by atoms with E-state index in [4.69, 9.17) is 0 Å². The summed E-state index contributed by atoms with van der Waals surface area (Å²) in [4.78, 5) is 10.5. The highest BCUT2D eigenvalue weighted by atomic mass is 16.4. The monoisotopic (exact) mass is 162 g/mol. The molecule has 0 saturated carbocycles. The number of carbonyl (C=O) groups excluding carboxylic acids is 1. The summed E-state index contributed by atoms with van der Waals surface area (Å²) < 4.78 is 0. The van der Waals surface area contributed by atoms with Crippen molar-refractivity contribution in [2.75, 3.05) is 5.32 Å². The van der Waals surface area contributed by atoms with Crippen LogP contribution in [0.1, 0.15) is 5.56 Å². The molecule has 1 unspecified atom stereocenters. The molecular weight excluding hydrogens is 154 g/mol. The molecule has 0 spiro atoms. The summed E-state index contributed by atoms with van der Waals surface area (Å²) in [7, 11) is 0. The first-order valence-electron chi connectivity index (χ1n) is 3.82. The van der Waals surface area contributed by atoms with E-state index in [1.807, 2.05) is 24.3 Å². The Labute approximate surface area is 70.0 Å². The van der Waals surface area contributed by atoms with Crippen molar-refractivity contribution in [1.29, 1.82) is 0 Å². The molecule has 1 aliphatic rings. The highest BCUT2D eigenvalue weighted by molar-refractivity contribution is 5.79. The van der Waals surface area contributed by atoms with Crippen molar-refractivity contribution in [1.82, 2.24) is 0 Å². The number of hydrogen-bond acceptors (Lipinski definition) is 3. The molecule has 0 radical (unpaired) electrons. The molecule has 1 aromatic rings. The lowest BCUT2D eigenvalue weighted by Crippen LogP contribution is -2.39. The van der Waals surface area contributed by atoms with Gasteiger partial charge in [-0.1, -0.05) is 18.2 Å². The number of carbonyl (C=O) groups is 1. The number of benzene rings is 1. The van der Waals surface area contributed by atoms with Gasteiger partial charge in [0.2, 0.25) is 0 Å². The molecule has 1 aromatic carbocycles. The fraction of sp³-hybridized carbons (Fsp3) is 0.222. The number of hydrogen-bond donors (Lipinski definition) is 1. The number of carboxylic acid groups (broad SMARTS) is 1. The highest BCUT2D eigenvalue weighted by Crippen LogP contribution is 2.24. The summed E-state index contributed by atoms with van der Waals surface area (Å²) in [6.45, 7) is 0. The topological polar surface area (TPSA) is 52.2 Å². The fourth-order valence-corrected chi connectivity index (χ4v) is 1.44. The average molecular weight is 162 g/mol. The van der Waals surface area contributed by atoms with E-state index in [0.29, 0.717) is 6.42 Å². The van der Waals surface area contributed by atoms with Crippen LogP contribution < -0.4 is 10.4 Å². The predicted octanol–water partition coefficient (Wildman–Crippen LogP) is -0.227. The zero-order valence-electron chi connectivity index (χ0n) is 6.41. The van der Waals surface area contributed by atoms with Crippen molar-refractivity contribution in [2.24, 2.45) is 0 Å². The van der Waals surface area contributed by atoms with Crippen molar-refractivity contribution in [2.45, 2.75) is 12.5 Å². The van der Waals surface area contributed by atoms with Gasteiger partial charge in [-0.2, -0.15) is 0 Å². The number of rotatable bonds is 1. The molecule has 1 atom stereocenters. The number of anilines is 1. The van der Waals surface area contributed by atoms with Gasteiger partial charge >= 0.3 is 0 Å². The van der Waals surface area contributed by atoms with Gasteiger partial charge in [0.1, 0.15) is 0 Å². The Hall–Kier alpha value is -1.51. The Kier molecular flexibility index (Phi) is 1.50. The lowest BCUT2D eigenvalue weighted by atomic mass is 10.1. The van der Waals surface area contributed by atoms with E-state index in [1.165, 1.54) is 0 Å². The van der Waals surface area contributed by atoms with Crippen molar-refractivity contribution in [3.63, 3.8) is 0 Å². The van der Waals surface area contributed by atoms with Crippen LogP contribution in [0.2, 0.25) is 0 Å². The zero-order chi connectivity index (χ0) is 8.55.